The lowest BCUT2D eigenvalue weighted by atomic mass is 10.2. The summed E-state index contributed by atoms with van der Waals surface area (Å²) in [7, 11) is 1.84. The number of ether oxygens (including phenoxy) is 1. The van der Waals surface area contributed by atoms with Crippen molar-refractivity contribution in [2.24, 2.45) is 5.73 Å². The number of primary amides is 1. The van der Waals surface area contributed by atoms with Crippen LogP contribution in [0.4, 0.5) is 4.79 Å². The minimum atomic E-state index is -0.896. The maximum atomic E-state index is 11.5. The van der Waals surface area contributed by atoms with Crippen LogP contribution in [0.15, 0.2) is 22.7 Å². The number of hydrogen-bond acceptors (Lipinski definition) is 4. The van der Waals surface area contributed by atoms with Gasteiger partial charge in [0, 0.05) is 11.0 Å². The van der Waals surface area contributed by atoms with Crippen molar-refractivity contribution < 1.29 is 14.3 Å². The normalized spacial score (nSPS) is 11.7. The van der Waals surface area contributed by atoms with E-state index in [4.69, 9.17) is 10.5 Å². The number of urea groups is 1. The Labute approximate surface area is 119 Å². The second kappa shape index (κ2) is 7.10. The van der Waals surface area contributed by atoms with E-state index in [-0.39, 0.29) is 0 Å². The molecule has 0 aliphatic rings. The number of imide groups is 1. The van der Waals surface area contributed by atoms with Crippen LogP contribution >= 0.6 is 15.9 Å². The average molecular weight is 330 g/mol. The summed E-state index contributed by atoms with van der Waals surface area (Å²) in [4.78, 5) is 22.0. The molecular weight excluding hydrogens is 314 g/mol. The predicted molar refractivity (Wildman–Crippen MR) is 74.7 cm³/mol. The average Bonchev–Trinajstić information content (AvgIpc) is 2.32. The van der Waals surface area contributed by atoms with Gasteiger partial charge in [0.15, 0.2) is 6.10 Å². The Balaban J connectivity index is 2.73. The third-order valence-corrected chi connectivity index (χ3v) is 3.09. The first-order valence-electron chi connectivity index (χ1n) is 5.64. The van der Waals surface area contributed by atoms with E-state index in [0.29, 0.717) is 12.3 Å². The van der Waals surface area contributed by atoms with Gasteiger partial charge >= 0.3 is 6.03 Å². The number of carbonyl (C=O) groups is 2. The van der Waals surface area contributed by atoms with Crippen LogP contribution in [0.1, 0.15) is 12.5 Å². The number of rotatable bonds is 5. The van der Waals surface area contributed by atoms with E-state index in [2.05, 4.69) is 21.2 Å². The fourth-order valence-corrected chi connectivity index (χ4v) is 1.82. The van der Waals surface area contributed by atoms with Gasteiger partial charge in [0.05, 0.1) is 0 Å². The highest BCUT2D eigenvalue weighted by molar-refractivity contribution is 9.10. The van der Waals surface area contributed by atoms with Crippen molar-refractivity contribution in [3.8, 4) is 5.75 Å². The molecule has 1 rings (SSSR count). The van der Waals surface area contributed by atoms with Crippen LogP contribution in [0.2, 0.25) is 0 Å². The van der Waals surface area contributed by atoms with E-state index in [9.17, 15) is 9.59 Å². The zero-order chi connectivity index (χ0) is 14.4. The summed E-state index contributed by atoms with van der Waals surface area (Å²) < 4.78 is 6.40. The molecule has 0 aliphatic heterocycles. The van der Waals surface area contributed by atoms with E-state index in [1.54, 1.807) is 6.07 Å². The molecule has 1 unspecified atom stereocenters. The van der Waals surface area contributed by atoms with Crippen LogP contribution in [-0.4, -0.2) is 25.1 Å². The van der Waals surface area contributed by atoms with Gasteiger partial charge in [-0.3, -0.25) is 10.1 Å². The molecule has 0 saturated carbocycles. The molecule has 4 N–H and O–H groups in total. The number of halogens is 1. The first-order valence-corrected chi connectivity index (χ1v) is 6.43. The van der Waals surface area contributed by atoms with Crippen molar-refractivity contribution in [2.75, 3.05) is 7.05 Å². The molecule has 0 heterocycles. The number of benzene rings is 1. The van der Waals surface area contributed by atoms with Crippen LogP contribution in [-0.2, 0) is 11.3 Å². The van der Waals surface area contributed by atoms with Crippen LogP contribution in [0.25, 0.3) is 0 Å². The predicted octanol–water partition coefficient (Wildman–Crippen LogP) is 1.13. The van der Waals surface area contributed by atoms with Crippen molar-refractivity contribution in [1.29, 1.82) is 0 Å². The second-order valence-corrected chi connectivity index (χ2v) is 4.75. The molecule has 0 saturated heterocycles. The molecule has 19 heavy (non-hydrogen) atoms. The zero-order valence-electron chi connectivity index (χ0n) is 10.7. The van der Waals surface area contributed by atoms with Crippen molar-refractivity contribution in [2.45, 2.75) is 19.6 Å². The van der Waals surface area contributed by atoms with Gasteiger partial charge in [-0.1, -0.05) is 15.9 Å². The van der Waals surface area contributed by atoms with Gasteiger partial charge in [-0.15, -0.1) is 0 Å². The number of hydrogen-bond donors (Lipinski definition) is 3. The molecule has 0 spiro atoms. The smallest absolute Gasteiger partial charge is 0.318 e. The summed E-state index contributed by atoms with van der Waals surface area (Å²) in [6.07, 6.45) is -0.809. The Kier molecular flexibility index (Phi) is 5.78. The molecule has 0 fully saturated rings. The lowest BCUT2D eigenvalue weighted by Gasteiger charge is -2.14. The largest absolute Gasteiger partial charge is 0.481 e. The molecule has 1 aromatic carbocycles. The molecule has 0 aromatic heterocycles. The van der Waals surface area contributed by atoms with Crippen LogP contribution in [0.3, 0.4) is 0 Å². The quantitative estimate of drug-likeness (QED) is 0.754. The molecule has 0 bridgehead atoms. The number of nitrogens with one attached hydrogen (secondary N) is 2. The van der Waals surface area contributed by atoms with E-state index in [1.165, 1.54) is 6.92 Å². The highest BCUT2D eigenvalue weighted by atomic mass is 79.9. The Bertz CT molecular complexity index is 479. The van der Waals surface area contributed by atoms with Gasteiger partial charge in [0.1, 0.15) is 5.75 Å². The van der Waals surface area contributed by atoms with Gasteiger partial charge in [-0.25, -0.2) is 4.79 Å². The number of amides is 3. The number of nitrogens with two attached hydrogens (primary N) is 1. The molecular formula is C12H16BrN3O3. The van der Waals surface area contributed by atoms with E-state index < -0.39 is 18.0 Å². The summed E-state index contributed by atoms with van der Waals surface area (Å²) in [5.41, 5.74) is 5.87. The Morgan fingerprint density at radius 3 is 2.74 bits per heavy atom. The van der Waals surface area contributed by atoms with Crippen molar-refractivity contribution in [1.82, 2.24) is 10.6 Å². The van der Waals surface area contributed by atoms with E-state index in [0.717, 1.165) is 10.0 Å². The Hall–Kier alpha value is -1.60. The summed E-state index contributed by atoms with van der Waals surface area (Å²) in [6.45, 7) is 2.21. The number of carbonyl (C=O) groups excluding carboxylic acids is 2. The van der Waals surface area contributed by atoms with Gasteiger partial charge in [-0.2, -0.15) is 0 Å². The molecule has 7 heteroatoms. The lowest BCUT2D eigenvalue weighted by molar-refractivity contribution is -0.126. The van der Waals surface area contributed by atoms with Crippen LogP contribution in [0.5, 0.6) is 5.75 Å². The highest BCUT2D eigenvalue weighted by Gasteiger charge is 2.16. The molecule has 3 amide bonds. The molecule has 1 atom stereocenters. The Morgan fingerprint density at radius 2 is 2.16 bits per heavy atom. The fraction of sp³-hybridized carbons (Fsp3) is 0.333. The first-order chi connectivity index (χ1) is 8.93. The maximum Gasteiger partial charge on any atom is 0.318 e. The molecule has 104 valence electrons. The van der Waals surface area contributed by atoms with Crippen LogP contribution in [0, 0.1) is 0 Å². The third kappa shape index (κ3) is 4.88. The Morgan fingerprint density at radius 1 is 1.47 bits per heavy atom. The van der Waals surface area contributed by atoms with Crippen LogP contribution < -0.4 is 21.1 Å². The summed E-state index contributed by atoms with van der Waals surface area (Å²) in [5.74, 6) is -0.0360. The van der Waals surface area contributed by atoms with Gasteiger partial charge in [0.2, 0.25) is 0 Å². The van der Waals surface area contributed by atoms with Gasteiger partial charge in [0.25, 0.3) is 5.91 Å². The fourth-order valence-electron chi connectivity index (χ4n) is 1.43. The summed E-state index contributed by atoms with van der Waals surface area (Å²) in [5, 5.41) is 5.00. The molecule has 0 radical (unpaired) electrons. The third-order valence-electron chi connectivity index (χ3n) is 2.31. The second-order valence-electron chi connectivity index (χ2n) is 3.90. The van der Waals surface area contributed by atoms with E-state index >= 15 is 0 Å². The van der Waals surface area contributed by atoms with Crippen molar-refractivity contribution in [3.05, 3.63) is 28.2 Å². The lowest BCUT2D eigenvalue weighted by Crippen LogP contribution is -2.42. The van der Waals surface area contributed by atoms with E-state index in [1.807, 2.05) is 24.5 Å². The molecule has 0 aliphatic carbocycles. The molecule has 6 nitrogen and oxygen atoms in total. The highest BCUT2D eigenvalue weighted by Crippen LogP contribution is 2.23. The summed E-state index contributed by atoms with van der Waals surface area (Å²) in [6, 6.07) is 4.49. The summed E-state index contributed by atoms with van der Waals surface area (Å²) >= 11 is 3.42. The molecule has 1 aromatic rings. The zero-order valence-corrected chi connectivity index (χ0v) is 12.3. The van der Waals surface area contributed by atoms with Crippen molar-refractivity contribution >= 4 is 27.9 Å². The monoisotopic (exact) mass is 329 g/mol. The maximum absolute atomic E-state index is 11.5. The topological polar surface area (TPSA) is 93.4 Å². The van der Waals surface area contributed by atoms with Gasteiger partial charge < -0.3 is 15.8 Å². The minimum absolute atomic E-state index is 0.542. The van der Waals surface area contributed by atoms with Crippen molar-refractivity contribution in [3.63, 3.8) is 0 Å². The minimum Gasteiger partial charge on any atom is -0.481 e. The van der Waals surface area contributed by atoms with Gasteiger partial charge in [-0.05, 0) is 37.7 Å². The SMILES string of the molecule is CNCc1cc(OC(C)C(=O)NC(N)=O)ccc1Br. The standard InChI is InChI=1S/C12H16BrN3O3/c1-7(11(17)16-12(14)18)19-9-3-4-10(13)8(5-9)6-15-2/h3-5,7,15H,6H2,1-2H3,(H3,14,16,17,18). The first kappa shape index (κ1) is 15.5.